The van der Waals surface area contributed by atoms with Gasteiger partial charge in [-0.3, -0.25) is 9.10 Å². The molecule has 1 saturated carbocycles. The lowest BCUT2D eigenvalue weighted by molar-refractivity contribution is 0.102. The highest BCUT2D eigenvalue weighted by Crippen LogP contribution is 2.40. The van der Waals surface area contributed by atoms with Crippen LogP contribution in [0.2, 0.25) is 0 Å². The Morgan fingerprint density at radius 2 is 2.04 bits per heavy atom. The van der Waals surface area contributed by atoms with E-state index in [0.29, 0.717) is 36.0 Å². The highest BCUT2D eigenvalue weighted by molar-refractivity contribution is 7.92. The maximum Gasteiger partial charge on any atom is 0.276 e. The zero-order valence-corrected chi connectivity index (χ0v) is 16.2. The number of aromatic nitrogens is 2. The molecule has 0 saturated heterocycles. The van der Waals surface area contributed by atoms with Crippen molar-refractivity contribution in [2.45, 2.75) is 25.2 Å². The molecule has 2 aromatic heterocycles. The second kappa shape index (κ2) is 6.07. The van der Waals surface area contributed by atoms with Crippen molar-refractivity contribution in [2.75, 3.05) is 22.4 Å². The summed E-state index contributed by atoms with van der Waals surface area (Å²) in [5, 5.41) is 2.89. The molecule has 1 aromatic carbocycles. The summed E-state index contributed by atoms with van der Waals surface area (Å²) in [6.07, 6.45) is 6.01. The highest BCUT2D eigenvalue weighted by Gasteiger charge is 2.31. The van der Waals surface area contributed by atoms with Gasteiger partial charge < -0.3 is 9.72 Å². The highest BCUT2D eigenvalue weighted by atomic mass is 32.2. The summed E-state index contributed by atoms with van der Waals surface area (Å²) in [7, 11) is -3.34. The van der Waals surface area contributed by atoms with Crippen molar-refractivity contribution in [1.29, 1.82) is 0 Å². The van der Waals surface area contributed by atoms with Crippen LogP contribution < -0.4 is 9.62 Å². The third kappa shape index (κ3) is 2.84. The van der Waals surface area contributed by atoms with Gasteiger partial charge in [0.05, 0.1) is 17.5 Å². The van der Waals surface area contributed by atoms with E-state index in [1.54, 1.807) is 6.07 Å². The van der Waals surface area contributed by atoms with Crippen LogP contribution in [0.25, 0.3) is 5.52 Å². The van der Waals surface area contributed by atoms with Crippen LogP contribution in [0.15, 0.2) is 42.6 Å². The fourth-order valence-electron chi connectivity index (χ4n) is 3.82. The van der Waals surface area contributed by atoms with Crippen LogP contribution in [0, 0.1) is 0 Å². The van der Waals surface area contributed by atoms with Crippen molar-refractivity contribution in [3.8, 4) is 0 Å². The third-order valence-electron chi connectivity index (χ3n) is 5.33. The molecule has 1 N–H and O–H groups in total. The number of pyridine rings is 1. The van der Waals surface area contributed by atoms with Crippen LogP contribution in [0.5, 0.6) is 0 Å². The fraction of sp³-hybridized carbons (Fsp3) is 0.300. The molecule has 5 rings (SSSR count). The first-order valence-electron chi connectivity index (χ1n) is 9.31. The van der Waals surface area contributed by atoms with E-state index in [0.717, 1.165) is 29.7 Å². The van der Waals surface area contributed by atoms with Crippen molar-refractivity contribution in [3.63, 3.8) is 0 Å². The largest absolute Gasteiger partial charge is 0.321 e. The Morgan fingerprint density at radius 3 is 2.79 bits per heavy atom. The summed E-state index contributed by atoms with van der Waals surface area (Å²) >= 11 is 0. The number of hydrogen-bond donors (Lipinski definition) is 1. The van der Waals surface area contributed by atoms with E-state index in [2.05, 4.69) is 10.3 Å². The summed E-state index contributed by atoms with van der Waals surface area (Å²) in [6, 6.07) is 11.1. The monoisotopic (exact) mass is 396 g/mol. The first kappa shape index (κ1) is 17.2. The molecule has 0 radical (unpaired) electrons. The first-order chi connectivity index (χ1) is 13.4. The predicted octanol–water partition coefficient (Wildman–Crippen LogP) is 2.79. The predicted molar refractivity (Wildman–Crippen MR) is 107 cm³/mol. The normalized spacial score (nSPS) is 16.4. The Hall–Kier alpha value is -2.87. The molecule has 1 fully saturated rings. The summed E-state index contributed by atoms with van der Waals surface area (Å²) in [5.74, 6) is 1.05. The van der Waals surface area contributed by atoms with Crippen molar-refractivity contribution >= 4 is 32.8 Å². The lowest BCUT2D eigenvalue weighted by Crippen LogP contribution is -2.27. The number of fused-ring (bicyclic) bond motifs is 2. The van der Waals surface area contributed by atoms with Gasteiger partial charge in [0, 0.05) is 24.3 Å². The molecule has 7 nitrogen and oxygen atoms in total. The van der Waals surface area contributed by atoms with E-state index in [-0.39, 0.29) is 5.91 Å². The van der Waals surface area contributed by atoms with Crippen LogP contribution in [0.4, 0.5) is 11.4 Å². The van der Waals surface area contributed by atoms with Crippen LogP contribution >= 0.6 is 0 Å². The van der Waals surface area contributed by atoms with Gasteiger partial charge in [-0.2, -0.15) is 0 Å². The Kier molecular flexibility index (Phi) is 3.74. The standard InChI is InChI=1S/C20H20N4O3S/c1-28(26,27)24-11-9-13-7-8-15(12-17(13)24)21-20(25)18-16-4-2-3-10-23(16)19(22-18)14-5-6-14/h2-4,7-8,10,12,14H,5-6,9,11H2,1H3,(H,21,25). The molecule has 0 bridgehead atoms. The minimum absolute atomic E-state index is 0.292. The van der Waals surface area contributed by atoms with Gasteiger partial charge in [-0.05, 0) is 49.1 Å². The fourth-order valence-corrected chi connectivity index (χ4v) is 4.77. The number of hydrogen-bond acceptors (Lipinski definition) is 4. The number of amides is 1. The first-order valence-corrected chi connectivity index (χ1v) is 11.2. The van der Waals surface area contributed by atoms with E-state index >= 15 is 0 Å². The van der Waals surface area contributed by atoms with Gasteiger partial charge >= 0.3 is 0 Å². The Labute approximate surface area is 163 Å². The molecule has 0 spiro atoms. The number of sulfonamides is 1. The molecule has 8 heteroatoms. The molecule has 3 aromatic rings. The summed E-state index contributed by atoms with van der Waals surface area (Å²) in [4.78, 5) is 17.6. The topological polar surface area (TPSA) is 83.8 Å². The van der Waals surface area contributed by atoms with E-state index in [1.807, 2.05) is 40.9 Å². The smallest absolute Gasteiger partial charge is 0.276 e. The molecular formula is C20H20N4O3S. The average molecular weight is 396 g/mol. The molecule has 2 aliphatic rings. The molecule has 28 heavy (non-hydrogen) atoms. The number of nitrogens with one attached hydrogen (secondary N) is 1. The summed E-state index contributed by atoms with van der Waals surface area (Å²) in [6.45, 7) is 0.433. The number of carbonyl (C=O) groups excluding carboxylic acids is 1. The molecule has 144 valence electrons. The number of imidazole rings is 1. The van der Waals surface area contributed by atoms with E-state index in [1.165, 1.54) is 10.6 Å². The Bertz CT molecular complexity index is 1210. The van der Waals surface area contributed by atoms with Gasteiger partial charge in [0.1, 0.15) is 5.82 Å². The molecule has 1 aliphatic carbocycles. The molecule has 3 heterocycles. The van der Waals surface area contributed by atoms with E-state index in [9.17, 15) is 13.2 Å². The van der Waals surface area contributed by atoms with Crippen LogP contribution in [0.3, 0.4) is 0 Å². The lowest BCUT2D eigenvalue weighted by Gasteiger charge is -2.17. The maximum atomic E-state index is 12.9. The van der Waals surface area contributed by atoms with Gasteiger partial charge in [0.25, 0.3) is 5.91 Å². The van der Waals surface area contributed by atoms with Gasteiger partial charge in [-0.25, -0.2) is 13.4 Å². The molecule has 1 aliphatic heterocycles. The average Bonchev–Trinajstić information content (AvgIpc) is 3.28. The van der Waals surface area contributed by atoms with Crippen LogP contribution in [-0.4, -0.2) is 36.5 Å². The Morgan fingerprint density at radius 1 is 1.21 bits per heavy atom. The zero-order valence-electron chi connectivity index (χ0n) is 15.4. The quantitative estimate of drug-likeness (QED) is 0.735. The van der Waals surface area contributed by atoms with E-state index < -0.39 is 10.0 Å². The second-order valence-corrected chi connectivity index (χ2v) is 9.34. The Balaban J connectivity index is 1.48. The van der Waals surface area contributed by atoms with Crippen molar-refractivity contribution in [3.05, 3.63) is 59.7 Å². The minimum Gasteiger partial charge on any atom is -0.321 e. The molecular weight excluding hydrogens is 376 g/mol. The van der Waals surface area contributed by atoms with E-state index in [4.69, 9.17) is 0 Å². The third-order valence-corrected chi connectivity index (χ3v) is 6.51. The second-order valence-electron chi connectivity index (χ2n) is 7.43. The van der Waals surface area contributed by atoms with Crippen LogP contribution in [-0.2, 0) is 16.4 Å². The SMILES string of the molecule is CS(=O)(=O)N1CCc2ccc(NC(=O)c3nc(C4CC4)n4ccccc34)cc21. The minimum atomic E-state index is -3.34. The van der Waals surface area contributed by atoms with Crippen LogP contribution in [0.1, 0.15) is 40.6 Å². The van der Waals surface area contributed by atoms with Crippen molar-refractivity contribution < 1.29 is 13.2 Å². The number of nitrogens with zero attached hydrogens (tertiary/aromatic N) is 3. The number of carbonyl (C=O) groups is 1. The molecule has 0 unspecified atom stereocenters. The number of benzene rings is 1. The van der Waals surface area contributed by atoms with Crippen molar-refractivity contribution in [2.24, 2.45) is 0 Å². The number of rotatable bonds is 4. The maximum absolute atomic E-state index is 12.9. The van der Waals surface area contributed by atoms with Gasteiger partial charge in [0.15, 0.2) is 5.69 Å². The molecule has 0 atom stereocenters. The van der Waals surface area contributed by atoms with Gasteiger partial charge in [-0.1, -0.05) is 12.1 Å². The lowest BCUT2D eigenvalue weighted by atomic mass is 10.1. The zero-order chi connectivity index (χ0) is 19.5. The van der Waals surface area contributed by atoms with Crippen molar-refractivity contribution in [1.82, 2.24) is 9.38 Å². The number of anilines is 2. The van der Waals surface area contributed by atoms with Gasteiger partial charge in [-0.15, -0.1) is 0 Å². The molecule has 1 amide bonds. The van der Waals surface area contributed by atoms with Gasteiger partial charge in [0.2, 0.25) is 10.0 Å². The summed E-state index contributed by atoms with van der Waals surface area (Å²) in [5.41, 5.74) is 3.33. The summed E-state index contributed by atoms with van der Waals surface area (Å²) < 4.78 is 27.4.